The number of benzene rings is 1. The maximum Gasteiger partial charge on any atom is 0.233 e. The Morgan fingerprint density at radius 2 is 2.11 bits per heavy atom. The van der Waals surface area contributed by atoms with Crippen LogP contribution in [0.2, 0.25) is 0 Å². The Hall–Kier alpha value is -1.56. The lowest BCUT2D eigenvalue weighted by atomic mass is 10.2. The van der Waals surface area contributed by atoms with Crippen molar-refractivity contribution < 1.29 is 17.9 Å². The number of aryl methyl sites for hydroxylation is 1. The molecule has 0 aliphatic heterocycles. The fourth-order valence-electron chi connectivity index (χ4n) is 1.39. The number of hydrogen-bond acceptors (Lipinski definition) is 4. The first-order valence-electron chi connectivity index (χ1n) is 5.57. The van der Waals surface area contributed by atoms with E-state index in [0.717, 1.165) is 17.6 Å². The lowest BCUT2D eigenvalue weighted by molar-refractivity contribution is -0.119. The van der Waals surface area contributed by atoms with E-state index < -0.39 is 15.9 Å². The van der Waals surface area contributed by atoms with Crippen LogP contribution in [0, 0.1) is 6.92 Å². The second kappa shape index (κ2) is 6.39. The summed E-state index contributed by atoms with van der Waals surface area (Å²) < 4.78 is 28.9. The van der Waals surface area contributed by atoms with E-state index in [0.29, 0.717) is 13.0 Å². The molecule has 0 atom stereocenters. The monoisotopic (exact) mass is 271 g/mol. The minimum absolute atomic E-state index is 0.124. The molecule has 0 saturated carbocycles. The van der Waals surface area contributed by atoms with E-state index in [9.17, 15) is 13.2 Å². The fraction of sp³-hybridized carbons (Fsp3) is 0.417. The Labute approximate surface area is 107 Å². The molecular weight excluding hydrogens is 254 g/mol. The van der Waals surface area contributed by atoms with Crippen LogP contribution in [0.4, 0.5) is 0 Å². The van der Waals surface area contributed by atoms with Crippen LogP contribution in [0.5, 0.6) is 5.75 Å². The average molecular weight is 271 g/mol. The summed E-state index contributed by atoms with van der Waals surface area (Å²) in [4.78, 5) is 11.2. The van der Waals surface area contributed by atoms with E-state index in [1.165, 1.54) is 0 Å². The summed E-state index contributed by atoms with van der Waals surface area (Å²) in [5, 5.41) is 0. The van der Waals surface area contributed by atoms with Crippen molar-refractivity contribution in [2.45, 2.75) is 19.8 Å². The third-order valence-corrected chi connectivity index (χ3v) is 2.70. The first-order valence-corrected chi connectivity index (χ1v) is 7.46. The summed E-state index contributed by atoms with van der Waals surface area (Å²) in [6, 6.07) is 7.59. The quantitative estimate of drug-likeness (QED) is 0.790. The SMILES string of the molecule is Cc1cccc(OCCCC(=O)NS(C)(=O)=O)c1. The summed E-state index contributed by atoms with van der Waals surface area (Å²) in [6.07, 6.45) is 1.54. The molecule has 0 radical (unpaired) electrons. The number of carbonyl (C=O) groups excluding carboxylic acids is 1. The Bertz CT molecular complexity index is 511. The van der Waals surface area contributed by atoms with Gasteiger partial charge in [0.15, 0.2) is 0 Å². The van der Waals surface area contributed by atoms with Gasteiger partial charge < -0.3 is 4.74 Å². The van der Waals surface area contributed by atoms with Crippen molar-refractivity contribution >= 4 is 15.9 Å². The number of rotatable bonds is 6. The Balaban J connectivity index is 2.25. The van der Waals surface area contributed by atoms with Crippen LogP contribution in [0.1, 0.15) is 18.4 Å². The average Bonchev–Trinajstić information content (AvgIpc) is 2.22. The molecule has 0 bridgehead atoms. The maximum atomic E-state index is 11.2. The van der Waals surface area contributed by atoms with Gasteiger partial charge in [0.2, 0.25) is 15.9 Å². The van der Waals surface area contributed by atoms with Crippen molar-refractivity contribution in [1.29, 1.82) is 0 Å². The Kier molecular flexibility index (Phi) is 5.15. The third-order valence-electron chi connectivity index (χ3n) is 2.11. The molecule has 0 saturated heterocycles. The van der Waals surface area contributed by atoms with Gasteiger partial charge in [-0.15, -0.1) is 0 Å². The molecule has 1 aromatic carbocycles. The smallest absolute Gasteiger partial charge is 0.233 e. The van der Waals surface area contributed by atoms with Crippen LogP contribution in [0.15, 0.2) is 24.3 Å². The highest BCUT2D eigenvalue weighted by atomic mass is 32.2. The van der Waals surface area contributed by atoms with Gasteiger partial charge in [-0.05, 0) is 31.0 Å². The van der Waals surface area contributed by atoms with Gasteiger partial charge in [-0.1, -0.05) is 12.1 Å². The molecule has 0 aliphatic carbocycles. The molecule has 0 spiro atoms. The van der Waals surface area contributed by atoms with Crippen LogP contribution in [-0.4, -0.2) is 27.2 Å². The van der Waals surface area contributed by atoms with Gasteiger partial charge in [0, 0.05) is 6.42 Å². The van der Waals surface area contributed by atoms with Crippen LogP contribution < -0.4 is 9.46 Å². The van der Waals surface area contributed by atoms with Crippen molar-refractivity contribution in [3.8, 4) is 5.75 Å². The van der Waals surface area contributed by atoms with E-state index >= 15 is 0 Å². The molecule has 5 nitrogen and oxygen atoms in total. The van der Waals surface area contributed by atoms with Crippen LogP contribution in [0.3, 0.4) is 0 Å². The second-order valence-electron chi connectivity index (χ2n) is 4.07. The number of hydrogen-bond donors (Lipinski definition) is 1. The van der Waals surface area contributed by atoms with Gasteiger partial charge in [0.05, 0.1) is 12.9 Å². The zero-order valence-corrected chi connectivity index (χ0v) is 11.3. The third kappa shape index (κ3) is 6.24. The molecule has 0 aromatic heterocycles. The van der Waals surface area contributed by atoms with Crippen LogP contribution in [-0.2, 0) is 14.8 Å². The topological polar surface area (TPSA) is 72.5 Å². The van der Waals surface area contributed by atoms with E-state index in [2.05, 4.69) is 0 Å². The van der Waals surface area contributed by atoms with Crippen molar-refractivity contribution in [2.24, 2.45) is 0 Å². The number of sulfonamides is 1. The summed E-state index contributed by atoms with van der Waals surface area (Å²) in [7, 11) is -3.46. The number of carbonyl (C=O) groups is 1. The molecule has 0 fully saturated rings. The predicted octanol–water partition coefficient (Wildman–Crippen LogP) is 1.23. The highest BCUT2D eigenvalue weighted by Crippen LogP contribution is 2.12. The summed E-state index contributed by atoms with van der Waals surface area (Å²) in [6.45, 7) is 2.34. The van der Waals surface area contributed by atoms with Gasteiger partial charge in [0.1, 0.15) is 5.75 Å². The zero-order chi connectivity index (χ0) is 13.6. The van der Waals surface area contributed by atoms with Crippen molar-refractivity contribution in [2.75, 3.05) is 12.9 Å². The van der Waals surface area contributed by atoms with Gasteiger partial charge in [-0.3, -0.25) is 9.52 Å². The molecule has 1 amide bonds. The Morgan fingerprint density at radius 1 is 1.39 bits per heavy atom. The molecule has 1 rings (SSSR count). The van der Waals surface area contributed by atoms with E-state index in [4.69, 9.17) is 4.74 Å². The van der Waals surface area contributed by atoms with Gasteiger partial charge in [-0.25, -0.2) is 8.42 Å². The fourth-order valence-corrected chi connectivity index (χ4v) is 1.90. The highest BCUT2D eigenvalue weighted by molar-refractivity contribution is 7.89. The first kappa shape index (κ1) is 14.5. The minimum Gasteiger partial charge on any atom is -0.494 e. The van der Waals surface area contributed by atoms with E-state index in [-0.39, 0.29) is 6.42 Å². The molecule has 18 heavy (non-hydrogen) atoms. The largest absolute Gasteiger partial charge is 0.494 e. The van der Waals surface area contributed by atoms with Crippen molar-refractivity contribution in [3.63, 3.8) is 0 Å². The van der Waals surface area contributed by atoms with E-state index in [1.807, 2.05) is 35.9 Å². The van der Waals surface area contributed by atoms with Crippen molar-refractivity contribution in [1.82, 2.24) is 4.72 Å². The summed E-state index contributed by atoms with van der Waals surface area (Å²) in [5.74, 6) is 0.240. The lowest BCUT2D eigenvalue weighted by Crippen LogP contribution is -2.29. The maximum absolute atomic E-state index is 11.2. The van der Waals surface area contributed by atoms with Crippen LogP contribution in [0.25, 0.3) is 0 Å². The molecule has 1 aromatic rings. The number of amides is 1. The molecule has 6 heteroatoms. The highest BCUT2D eigenvalue weighted by Gasteiger charge is 2.07. The molecule has 100 valence electrons. The van der Waals surface area contributed by atoms with Gasteiger partial charge in [-0.2, -0.15) is 0 Å². The first-order chi connectivity index (χ1) is 8.37. The standard InChI is InChI=1S/C12H17NO4S/c1-10-5-3-6-11(9-10)17-8-4-7-12(14)13-18(2,15)16/h3,5-6,9H,4,7-8H2,1-2H3,(H,13,14). The number of ether oxygens (including phenoxy) is 1. The zero-order valence-electron chi connectivity index (χ0n) is 10.5. The van der Waals surface area contributed by atoms with Gasteiger partial charge in [0.25, 0.3) is 0 Å². The molecule has 0 aliphatic rings. The minimum atomic E-state index is -3.46. The molecule has 0 unspecified atom stereocenters. The lowest BCUT2D eigenvalue weighted by Gasteiger charge is -2.06. The van der Waals surface area contributed by atoms with Crippen molar-refractivity contribution in [3.05, 3.63) is 29.8 Å². The molecule has 1 N–H and O–H groups in total. The normalized spacial score (nSPS) is 11.0. The summed E-state index contributed by atoms with van der Waals surface area (Å²) >= 11 is 0. The van der Waals surface area contributed by atoms with Gasteiger partial charge >= 0.3 is 0 Å². The predicted molar refractivity (Wildman–Crippen MR) is 68.9 cm³/mol. The molecular formula is C12H17NO4S. The van der Waals surface area contributed by atoms with Crippen LogP contribution >= 0.6 is 0 Å². The number of nitrogens with one attached hydrogen (secondary N) is 1. The molecule has 0 heterocycles. The summed E-state index contributed by atoms with van der Waals surface area (Å²) in [5.41, 5.74) is 1.10. The Morgan fingerprint density at radius 3 is 2.72 bits per heavy atom. The van der Waals surface area contributed by atoms with E-state index in [1.54, 1.807) is 0 Å². The second-order valence-corrected chi connectivity index (χ2v) is 5.81.